The first-order valence-electron chi connectivity index (χ1n) is 8.44. The van der Waals surface area contributed by atoms with Crippen molar-refractivity contribution in [3.63, 3.8) is 0 Å². The predicted octanol–water partition coefficient (Wildman–Crippen LogP) is 2.43. The van der Waals surface area contributed by atoms with Crippen molar-refractivity contribution in [3.8, 4) is 5.75 Å². The molecule has 0 aliphatic carbocycles. The Morgan fingerprint density at radius 2 is 2.00 bits per heavy atom. The number of ether oxygens (including phenoxy) is 1. The minimum atomic E-state index is -0.273. The third kappa shape index (κ3) is 5.43. The Morgan fingerprint density at radius 3 is 2.57 bits per heavy atom. The molecule has 5 heteroatoms. The van der Waals surface area contributed by atoms with E-state index in [1.807, 2.05) is 24.0 Å². The number of likely N-dealkylation sites (tertiary alicyclic amines) is 1. The van der Waals surface area contributed by atoms with Gasteiger partial charge in [0.1, 0.15) is 5.75 Å². The van der Waals surface area contributed by atoms with Crippen molar-refractivity contribution < 1.29 is 14.6 Å². The number of hydrogen-bond donors (Lipinski definition) is 2. The summed E-state index contributed by atoms with van der Waals surface area (Å²) in [7, 11) is 1.66. The summed E-state index contributed by atoms with van der Waals surface area (Å²) in [6.45, 7) is 3.99. The van der Waals surface area contributed by atoms with Crippen LogP contribution >= 0.6 is 0 Å². The van der Waals surface area contributed by atoms with Gasteiger partial charge < -0.3 is 20.1 Å². The fourth-order valence-corrected chi connectivity index (χ4v) is 2.98. The number of carbonyl (C=O) groups excluding carboxylic acids is 1. The zero-order valence-electron chi connectivity index (χ0n) is 14.1. The average Bonchev–Trinajstić information content (AvgIpc) is 2.59. The molecule has 2 rings (SSSR count). The summed E-state index contributed by atoms with van der Waals surface area (Å²) < 4.78 is 5.14. The van der Waals surface area contributed by atoms with Gasteiger partial charge in [0.25, 0.3) is 0 Å². The van der Waals surface area contributed by atoms with E-state index in [1.165, 1.54) is 5.56 Å². The number of piperidine rings is 1. The fourth-order valence-electron chi connectivity index (χ4n) is 2.98. The molecule has 1 aromatic carbocycles. The van der Waals surface area contributed by atoms with Crippen LogP contribution in [0.2, 0.25) is 0 Å². The first-order valence-corrected chi connectivity index (χ1v) is 8.44. The standard InChI is InChI=1S/C18H28N2O3/c1-14(21)16-9-12-20(13-10-16)18(22)19-11-3-4-15-5-7-17(23-2)8-6-15/h5-8,14,16,21H,3-4,9-13H2,1-2H3,(H,19,22). The quantitative estimate of drug-likeness (QED) is 0.791. The molecule has 0 radical (unpaired) electrons. The van der Waals surface area contributed by atoms with E-state index in [0.29, 0.717) is 12.5 Å². The lowest BCUT2D eigenvalue weighted by molar-refractivity contribution is 0.0798. The van der Waals surface area contributed by atoms with Crippen molar-refractivity contribution in [1.29, 1.82) is 0 Å². The normalized spacial score (nSPS) is 16.9. The summed E-state index contributed by atoms with van der Waals surface area (Å²) in [6, 6.07) is 8.05. The second-order valence-corrected chi connectivity index (χ2v) is 6.25. The first-order chi connectivity index (χ1) is 11.1. The van der Waals surface area contributed by atoms with E-state index in [1.54, 1.807) is 7.11 Å². The second-order valence-electron chi connectivity index (χ2n) is 6.25. The SMILES string of the molecule is COc1ccc(CCCNC(=O)N2CCC(C(C)O)CC2)cc1. The van der Waals surface area contributed by atoms with Crippen molar-refractivity contribution in [2.45, 2.75) is 38.7 Å². The second kappa shape index (κ2) is 8.77. The minimum Gasteiger partial charge on any atom is -0.497 e. The van der Waals surface area contributed by atoms with Crippen molar-refractivity contribution in [1.82, 2.24) is 10.2 Å². The van der Waals surface area contributed by atoms with Gasteiger partial charge in [-0.15, -0.1) is 0 Å². The maximum Gasteiger partial charge on any atom is 0.317 e. The Bertz CT molecular complexity index is 480. The van der Waals surface area contributed by atoms with Crippen LogP contribution in [0.4, 0.5) is 4.79 Å². The molecule has 1 unspecified atom stereocenters. The van der Waals surface area contributed by atoms with Crippen molar-refractivity contribution in [2.24, 2.45) is 5.92 Å². The summed E-state index contributed by atoms with van der Waals surface area (Å²) >= 11 is 0. The lowest BCUT2D eigenvalue weighted by Crippen LogP contribution is -2.46. The summed E-state index contributed by atoms with van der Waals surface area (Å²) in [5.41, 5.74) is 1.25. The van der Waals surface area contributed by atoms with E-state index >= 15 is 0 Å². The highest BCUT2D eigenvalue weighted by Gasteiger charge is 2.24. The lowest BCUT2D eigenvalue weighted by atomic mass is 9.92. The summed E-state index contributed by atoms with van der Waals surface area (Å²) in [4.78, 5) is 14.0. The summed E-state index contributed by atoms with van der Waals surface area (Å²) in [5, 5.41) is 12.6. The molecule has 5 nitrogen and oxygen atoms in total. The van der Waals surface area contributed by atoms with Crippen LogP contribution in [0.3, 0.4) is 0 Å². The Kier molecular flexibility index (Phi) is 6.71. The number of amides is 2. The van der Waals surface area contributed by atoms with E-state index in [-0.39, 0.29) is 12.1 Å². The van der Waals surface area contributed by atoms with Gasteiger partial charge in [0.2, 0.25) is 0 Å². The number of rotatable bonds is 6. The maximum atomic E-state index is 12.1. The third-order valence-corrected chi connectivity index (χ3v) is 4.59. The van der Waals surface area contributed by atoms with Crippen molar-refractivity contribution in [2.75, 3.05) is 26.7 Å². The molecule has 128 valence electrons. The molecule has 1 heterocycles. The molecule has 1 aromatic rings. The van der Waals surface area contributed by atoms with Crippen LogP contribution in [-0.2, 0) is 6.42 Å². The first kappa shape index (κ1) is 17.6. The largest absolute Gasteiger partial charge is 0.497 e. The number of aryl methyl sites for hydroxylation is 1. The number of methoxy groups -OCH3 is 1. The molecule has 0 aromatic heterocycles. The lowest BCUT2D eigenvalue weighted by Gasteiger charge is -2.33. The summed E-state index contributed by atoms with van der Waals surface area (Å²) in [6.07, 6.45) is 3.36. The smallest absolute Gasteiger partial charge is 0.317 e. The molecule has 23 heavy (non-hydrogen) atoms. The molecule has 2 amide bonds. The van der Waals surface area contributed by atoms with Crippen LogP contribution < -0.4 is 10.1 Å². The van der Waals surface area contributed by atoms with E-state index < -0.39 is 0 Å². The number of hydrogen-bond acceptors (Lipinski definition) is 3. The number of aliphatic hydroxyl groups is 1. The zero-order valence-corrected chi connectivity index (χ0v) is 14.1. The molecule has 1 fully saturated rings. The Labute approximate surface area is 138 Å². The van der Waals surface area contributed by atoms with Crippen molar-refractivity contribution in [3.05, 3.63) is 29.8 Å². The molecule has 1 saturated heterocycles. The van der Waals surface area contributed by atoms with Gasteiger partial charge in [0.15, 0.2) is 0 Å². The van der Waals surface area contributed by atoms with E-state index in [4.69, 9.17) is 4.74 Å². The van der Waals surface area contributed by atoms with E-state index in [9.17, 15) is 9.90 Å². The predicted molar refractivity (Wildman–Crippen MR) is 90.7 cm³/mol. The Hall–Kier alpha value is -1.75. The van der Waals surface area contributed by atoms with Gasteiger partial charge in [-0.25, -0.2) is 4.79 Å². The molecular weight excluding hydrogens is 292 g/mol. The Balaban J connectivity index is 1.63. The molecule has 0 spiro atoms. The topological polar surface area (TPSA) is 61.8 Å². The van der Waals surface area contributed by atoms with Gasteiger partial charge >= 0.3 is 6.03 Å². The van der Waals surface area contributed by atoms with Crippen LogP contribution in [0.25, 0.3) is 0 Å². The number of aliphatic hydroxyl groups excluding tert-OH is 1. The average molecular weight is 320 g/mol. The molecule has 2 N–H and O–H groups in total. The number of benzene rings is 1. The van der Waals surface area contributed by atoms with E-state index in [0.717, 1.165) is 44.5 Å². The van der Waals surface area contributed by atoms with Crippen LogP contribution in [0.15, 0.2) is 24.3 Å². The molecule has 1 aliphatic heterocycles. The summed E-state index contributed by atoms with van der Waals surface area (Å²) in [5.74, 6) is 1.19. The van der Waals surface area contributed by atoms with Gasteiger partial charge in [-0.3, -0.25) is 0 Å². The van der Waals surface area contributed by atoms with Crippen LogP contribution in [-0.4, -0.2) is 48.9 Å². The number of nitrogens with one attached hydrogen (secondary N) is 1. The van der Waals surface area contributed by atoms with Gasteiger partial charge in [-0.2, -0.15) is 0 Å². The molecule has 1 atom stereocenters. The Morgan fingerprint density at radius 1 is 1.35 bits per heavy atom. The number of urea groups is 1. The van der Waals surface area contributed by atoms with Crippen LogP contribution in [0.5, 0.6) is 5.75 Å². The van der Waals surface area contributed by atoms with Gasteiger partial charge in [-0.05, 0) is 56.2 Å². The highest BCUT2D eigenvalue weighted by Crippen LogP contribution is 2.20. The molecule has 0 saturated carbocycles. The molecule has 0 bridgehead atoms. The number of nitrogens with zero attached hydrogens (tertiary/aromatic N) is 1. The monoisotopic (exact) mass is 320 g/mol. The minimum absolute atomic E-state index is 0.0174. The molecular formula is C18H28N2O3. The van der Waals surface area contributed by atoms with Gasteiger partial charge in [0, 0.05) is 19.6 Å². The van der Waals surface area contributed by atoms with Crippen LogP contribution in [0, 0.1) is 5.92 Å². The fraction of sp³-hybridized carbons (Fsp3) is 0.611. The van der Waals surface area contributed by atoms with Crippen molar-refractivity contribution >= 4 is 6.03 Å². The maximum absolute atomic E-state index is 12.1. The zero-order chi connectivity index (χ0) is 16.7. The highest BCUT2D eigenvalue weighted by atomic mass is 16.5. The van der Waals surface area contributed by atoms with E-state index in [2.05, 4.69) is 17.4 Å². The third-order valence-electron chi connectivity index (χ3n) is 4.59. The highest BCUT2D eigenvalue weighted by molar-refractivity contribution is 5.74. The van der Waals surface area contributed by atoms with Gasteiger partial charge in [-0.1, -0.05) is 12.1 Å². The van der Waals surface area contributed by atoms with Gasteiger partial charge in [0.05, 0.1) is 13.2 Å². The number of carbonyl (C=O) groups is 1. The molecule has 1 aliphatic rings. The van der Waals surface area contributed by atoms with Crippen LogP contribution in [0.1, 0.15) is 31.7 Å².